The molecule has 1 amide bonds. The molecule has 0 aromatic heterocycles. The molecule has 0 fully saturated rings. The smallest absolute Gasteiger partial charge is 0.251 e. The van der Waals surface area contributed by atoms with E-state index >= 15 is 0 Å². The molecule has 1 rings (SSSR count). The van der Waals surface area contributed by atoms with Crippen LogP contribution in [0.2, 0.25) is 0 Å². The summed E-state index contributed by atoms with van der Waals surface area (Å²) in [4.78, 5) is 11.3. The molecule has 0 aliphatic heterocycles. The standard InChI is InChI=1S/C11H17N3O3/c1-13-11(17)7-2-3-10(9(12)4-7)14-8(5-15)6-16/h2-4,8,14-16H,5-6,12H2,1H3,(H,13,17). The van der Waals surface area contributed by atoms with E-state index < -0.39 is 6.04 Å². The summed E-state index contributed by atoms with van der Waals surface area (Å²) in [5.74, 6) is -0.218. The van der Waals surface area contributed by atoms with Crippen LogP contribution in [0.1, 0.15) is 10.4 Å². The monoisotopic (exact) mass is 239 g/mol. The molecule has 0 unspecified atom stereocenters. The number of amides is 1. The number of carbonyl (C=O) groups excluding carboxylic acids is 1. The van der Waals surface area contributed by atoms with Gasteiger partial charge in [0.2, 0.25) is 0 Å². The molecular formula is C11H17N3O3. The maximum Gasteiger partial charge on any atom is 0.251 e. The van der Waals surface area contributed by atoms with Gasteiger partial charge in [-0.05, 0) is 18.2 Å². The van der Waals surface area contributed by atoms with E-state index in [0.717, 1.165) is 0 Å². The van der Waals surface area contributed by atoms with Gasteiger partial charge < -0.3 is 26.6 Å². The minimum Gasteiger partial charge on any atom is -0.397 e. The molecule has 17 heavy (non-hydrogen) atoms. The second-order valence-electron chi connectivity index (χ2n) is 3.59. The zero-order chi connectivity index (χ0) is 12.8. The largest absolute Gasteiger partial charge is 0.397 e. The van der Waals surface area contributed by atoms with Gasteiger partial charge >= 0.3 is 0 Å². The van der Waals surface area contributed by atoms with Crippen molar-refractivity contribution in [1.29, 1.82) is 0 Å². The van der Waals surface area contributed by atoms with Crippen molar-refractivity contribution in [3.05, 3.63) is 23.8 Å². The Morgan fingerprint density at radius 3 is 2.53 bits per heavy atom. The van der Waals surface area contributed by atoms with Gasteiger partial charge in [-0.15, -0.1) is 0 Å². The molecule has 0 atom stereocenters. The lowest BCUT2D eigenvalue weighted by molar-refractivity contribution is 0.0963. The number of carbonyl (C=O) groups is 1. The summed E-state index contributed by atoms with van der Waals surface area (Å²) in [5, 5.41) is 23.2. The molecular weight excluding hydrogens is 222 g/mol. The normalized spacial score (nSPS) is 10.4. The number of anilines is 2. The van der Waals surface area contributed by atoms with Crippen molar-refractivity contribution in [1.82, 2.24) is 5.32 Å². The first-order valence-electron chi connectivity index (χ1n) is 5.22. The molecule has 0 saturated heterocycles. The highest BCUT2D eigenvalue weighted by Gasteiger charge is 2.10. The third-order valence-corrected chi connectivity index (χ3v) is 2.34. The van der Waals surface area contributed by atoms with Gasteiger partial charge in [0.1, 0.15) is 0 Å². The van der Waals surface area contributed by atoms with Gasteiger partial charge in [0, 0.05) is 12.6 Å². The zero-order valence-corrected chi connectivity index (χ0v) is 9.60. The Kier molecular flexibility index (Phi) is 4.74. The molecule has 94 valence electrons. The maximum atomic E-state index is 11.3. The van der Waals surface area contributed by atoms with E-state index in [1.165, 1.54) is 13.1 Å². The van der Waals surface area contributed by atoms with Crippen LogP contribution in [0.5, 0.6) is 0 Å². The highest BCUT2D eigenvalue weighted by molar-refractivity contribution is 5.95. The van der Waals surface area contributed by atoms with Gasteiger partial charge in [-0.1, -0.05) is 0 Å². The van der Waals surface area contributed by atoms with E-state index in [9.17, 15) is 4.79 Å². The topological polar surface area (TPSA) is 108 Å². The van der Waals surface area contributed by atoms with Crippen LogP contribution >= 0.6 is 0 Å². The molecule has 6 N–H and O–H groups in total. The van der Waals surface area contributed by atoms with Crippen molar-refractivity contribution in [3.8, 4) is 0 Å². The van der Waals surface area contributed by atoms with Gasteiger partial charge in [-0.2, -0.15) is 0 Å². The van der Waals surface area contributed by atoms with E-state index in [2.05, 4.69) is 10.6 Å². The SMILES string of the molecule is CNC(=O)c1ccc(NC(CO)CO)c(N)c1. The summed E-state index contributed by atoms with van der Waals surface area (Å²) in [6, 6.07) is 4.32. The Hall–Kier alpha value is -1.79. The molecule has 0 radical (unpaired) electrons. The van der Waals surface area contributed by atoms with Gasteiger partial charge in [0.15, 0.2) is 0 Å². The van der Waals surface area contributed by atoms with Crippen LogP contribution in [-0.2, 0) is 0 Å². The van der Waals surface area contributed by atoms with Crippen molar-refractivity contribution in [3.63, 3.8) is 0 Å². The average Bonchev–Trinajstić information content (AvgIpc) is 2.36. The Labute approximate surface area is 99.4 Å². The van der Waals surface area contributed by atoms with Crippen molar-refractivity contribution in [2.45, 2.75) is 6.04 Å². The fourth-order valence-electron chi connectivity index (χ4n) is 1.35. The van der Waals surface area contributed by atoms with Crippen LogP contribution in [0.3, 0.4) is 0 Å². The van der Waals surface area contributed by atoms with Crippen LogP contribution in [-0.4, -0.2) is 42.4 Å². The molecule has 0 aliphatic rings. The third-order valence-electron chi connectivity index (χ3n) is 2.34. The molecule has 6 nitrogen and oxygen atoms in total. The number of benzene rings is 1. The number of aliphatic hydroxyl groups is 2. The predicted molar refractivity (Wildman–Crippen MR) is 65.8 cm³/mol. The quantitative estimate of drug-likeness (QED) is 0.441. The van der Waals surface area contributed by atoms with Crippen molar-refractivity contribution < 1.29 is 15.0 Å². The van der Waals surface area contributed by atoms with Crippen LogP contribution in [0.15, 0.2) is 18.2 Å². The number of nitrogens with two attached hydrogens (primary N) is 1. The van der Waals surface area contributed by atoms with Crippen LogP contribution in [0.4, 0.5) is 11.4 Å². The zero-order valence-electron chi connectivity index (χ0n) is 9.60. The maximum absolute atomic E-state index is 11.3. The average molecular weight is 239 g/mol. The second kappa shape index (κ2) is 6.07. The summed E-state index contributed by atoms with van der Waals surface area (Å²) in [7, 11) is 1.54. The summed E-state index contributed by atoms with van der Waals surface area (Å²) in [6.07, 6.45) is 0. The summed E-state index contributed by atoms with van der Waals surface area (Å²) < 4.78 is 0. The third kappa shape index (κ3) is 3.33. The van der Waals surface area contributed by atoms with E-state index in [1.807, 2.05) is 0 Å². The Morgan fingerprint density at radius 2 is 2.06 bits per heavy atom. The number of aliphatic hydroxyl groups excluding tert-OH is 2. The van der Waals surface area contributed by atoms with E-state index in [-0.39, 0.29) is 19.1 Å². The second-order valence-corrected chi connectivity index (χ2v) is 3.59. The minimum absolute atomic E-state index is 0.201. The van der Waals surface area contributed by atoms with E-state index in [4.69, 9.17) is 15.9 Å². The first kappa shape index (κ1) is 13.3. The highest BCUT2D eigenvalue weighted by atomic mass is 16.3. The molecule has 0 heterocycles. The fourth-order valence-corrected chi connectivity index (χ4v) is 1.35. The summed E-state index contributed by atoms with van der Waals surface area (Å²) in [5.41, 5.74) is 7.19. The molecule has 0 saturated carbocycles. The Morgan fingerprint density at radius 1 is 1.41 bits per heavy atom. The van der Waals surface area contributed by atoms with Crippen molar-refractivity contribution in [2.24, 2.45) is 0 Å². The van der Waals surface area contributed by atoms with Gasteiger partial charge in [-0.25, -0.2) is 0 Å². The number of nitrogen functional groups attached to an aromatic ring is 1. The number of hydrogen-bond donors (Lipinski definition) is 5. The van der Waals surface area contributed by atoms with Crippen molar-refractivity contribution in [2.75, 3.05) is 31.3 Å². The fraction of sp³-hybridized carbons (Fsp3) is 0.364. The van der Waals surface area contributed by atoms with Crippen LogP contribution in [0, 0.1) is 0 Å². The number of hydrogen-bond acceptors (Lipinski definition) is 5. The first-order valence-corrected chi connectivity index (χ1v) is 5.22. The molecule has 0 spiro atoms. The molecule has 6 heteroatoms. The highest BCUT2D eigenvalue weighted by Crippen LogP contribution is 2.20. The van der Waals surface area contributed by atoms with Gasteiger partial charge in [0.05, 0.1) is 30.6 Å². The van der Waals surface area contributed by atoms with Gasteiger partial charge in [0.25, 0.3) is 5.91 Å². The van der Waals surface area contributed by atoms with Gasteiger partial charge in [-0.3, -0.25) is 4.79 Å². The molecule has 1 aromatic carbocycles. The lowest BCUT2D eigenvalue weighted by atomic mass is 10.1. The number of rotatable bonds is 5. The van der Waals surface area contributed by atoms with Crippen LogP contribution in [0.25, 0.3) is 0 Å². The number of nitrogens with one attached hydrogen (secondary N) is 2. The predicted octanol–water partition coefficient (Wildman–Crippen LogP) is -0.606. The van der Waals surface area contributed by atoms with Crippen molar-refractivity contribution >= 4 is 17.3 Å². The molecule has 0 bridgehead atoms. The first-order chi connectivity index (χ1) is 8.12. The van der Waals surface area contributed by atoms with Crippen LogP contribution < -0.4 is 16.4 Å². The van der Waals surface area contributed by atoms with E-state index in [0.29, 0.717) is 16.9 Å². The minimum atomic E-state index is -0.469. The molecule has 1 aromatic rings. The molecule has 0 aliphatic carbocycles. The summed E-state index contributed by atoms with van der Waals surface area (Å²) in [6.45, 7) is -0.403. The summed E-state index contributed by atoms with van der Waals surface area (Å²) >= 11 is 0. The Balaban J connectivity index is 2.86. The Bertz CT molecular complexity index is 392. The van der Waals surface area contributed by atoms with E-state index in [1.54, 1.807) is 12.1 Å². The lowest BCUT2D eigenvalue weighted by Crippen LogP contribution is -2.28. The lowest BCUT2D eigenvalue weighted by Gasteiger charge is -2.16.